The van der Waals surface area contributed by atoms with Crippen molar-refractivity contribution in [2.24, 2.45) is 5.92 Å². The van der Waals surface area contributed by atoms with Gasteiger partial charge in [0.1, 0.15) is 5.82 Å². The molecule has 80 valence electrons. The van der Waals surface area contributed by atoms with Gasteiger partial charge in [-0.1, -0.05) is 0 Å². The largest absolute Gasteiger partial charge is 0.383 e. The third-order valence-electron chi connectivity index (χ3n) is 2.87. The van der Waals surface area contributed by atoms with Crippen molar-refractivity contribution >= 4 is 11.6 Å². The Bertz CT molecular complexity index is 363. The Hall–Kier alpha value is -1.42. The third-order valence-corrected chi connectivity index (χ3v) is 2.87. The summed E-state index contributed by atoms with van der Waals surface area (Å²) in [6.07, 6.45) is 2.53. The fraction of sp³-hybridized carbons (Fsp3) is 0.455. The van der Waals surface area contributed by atoms with Gasteiger partial charge in [-0.15, -0.1) is 0 Å². The number of pyridine rings is 1. The van der Waals surface area contributed by atoms with Gasteiger partial charge in [-0.2, -0.15) is 0 Å². The minimum absolute atomic E-state index is 0.0650. The Kier molecular flexibility index (Phi) is 2.68. The molecule has 1 atom stereocenters. The van der Waals surface area contributed by atoms with E-state index in [4.69, 9.17) is 5.73 Å². The van der Waals surface area contributed by atoms with Crippen molar-refractivity contribution in [1.82, 2.24) is 10.3 Å². The van der Waals surface area contributed by atoms with Crippen LogP contribution >= 0.6 is 0 Å². The summed E-state index contributed by atoms with van der Waals surface area (Å²) in [6, 6.07) is 1.83. The first-order valence-electron chi connectivity index (χ1n) is 5.16. The van der Waals surface area contributed by atoms with E-state index in [0.717, 1.165) is 25.1 Å². The lowest BCUT2D eigenvalue weighted by Crippen LogP contribution is -2.20. The lowest BCUT2D eigenvalue weighted by molar-refractivity contribution is 0.0930. The molecule has 0 spiro atoms. The van der Waals surface area contributed by atoms with Crippen LogP contribution in [0.25, 0.3) is 0 Å². The van der Waals surface area contributed by atoms with E-state index in [1.54, 1.807) is 6.20 Å². The molecule has 0 saturated carbocycles. The van der Waals surface area contributed by atoms with Crippen molar-refractivity contribution in [3.05, 3.63) is 23.4 Å². The van der Waals surface area contributed by atoms with Crippen molar-refractivity contribution in [1.29, 1.82) is 0 Å². The van der Waals surface area contributed by atoms with Crippen LogP contribution in [-0.2, 0) is 0 Å². The number of aromatic nitrogens is 1. The van der Waals surface area contributed by atoms with Crippen LogP contribution in [0, 0.1) is 12.8 Å². The summed E-state index contributed by atoms with van der Waals surface area (Å²) in [5, 5.41) is 3.18. The monoisotopic (exact) mass is 205 g/mol. The van der Waals surface area contributed by atoms with Crippen molar-refractivity contribution in [2.75, 3.05) is 18.8 Å². The fourth-order valence-corrected chi connectivity index (χ4v) is 1.98. The van der Waals surface area contributed by atoms with E-state index >= 15 is 0 Å². The van der Waals surface area contributed by atoms with Crippen molar-refractivity contribution in [3.63, 3.8) is 0 Å². The van der Waals surface area contributed by atoms with Gasteiger partial charge in [0.25, 0.3) is 0 Å². The number of carbonyl (C=O) groups is 1. The number of aryl methyl sites for hydroxylation is 1. The molecule has 1 aliphatic rings. The number of nitrogen functional groups attached to an aromatic ring is 1. The highest BCUT2D eigenvalue weighted by Gasteiger charge is 2.26. The average Bonchev–Trinajstić information content (AvgIpc) is 2.69. The molecule has 4 nitrogen and oxygen atoms in total. The molecule has 0 bridgehead atoms. The normalized spacial score (nSPS) is 20.5. The number of nitrogens with one attached hydrogen (secondary N) is 1. The van der Waals surface area contributed by atoms with E-state index in [-0.39, 0.29) is 11.7 Å². The molecule has 4 heteroatoms. The van der Waals surface area contributed by atoms with Crippen molar-refractivity contribution < 1.29 is 4.79 Å². The van der Waals surface area contributed by atoms with Gasteiger partial charge in [0.15, 0.2) is 5.78 Å². The summed E-state index contributed by atoms with van der Waals surface area (Å²) in [6.45, 7) is 3.57. The van der Waals surface area contributed by atoms with E-state index in [9.17, 15) is 4.79 Å². The number of nitrogens with zero attached hydrogens (tertiary/aromatic N) is 1. The van der Waals surface area contributed by atoms with E-state index in [0.29, 0.717) is 11.4 Å². The molecule has 15 heavy (non-hydrogen) atoms. The van der Waals surface area contributed by atoms with E-state index in [1.165, 1.54) is 0 Å². The number of Topliss-reactive ketones (excluding diaryl/α,β-unsaturated/α-hetero) is 1. The second-order valence-corrected chi connectivity index (χ2v) is 3.94. The number of rotatable bonds is 2. The first-order chi connectivity index (χ1) is 7.20. The number of carbonyl (C=O) groups excluding carboxylic acids is 1. The molecule has 0 aliphatic carbocycles. The van der Waals surface area contributed by atoms with Gasteiger partial charge in [-0.25, -0.2) is 4.98 Å². The SMILES string of the molecule is Cc1ccnc(N)c1C(=O)C1CCNC1. The maximum Gasteiger partial charge on any atom is 0.171 e. The molecule has 2 rings (SSSR count). The second-order valence-electron chi connectivity index (χ2n) is 3.94. The number of nitrogens with two attached hydrogens (primary N) is 1. The first kappa shape index (κ1) is 10.1. The van der Waals surface area contributed by atoms with Crippen LogP contribution in [0.2, 0.25) is 0 Å². The maximum atomic E-state index is 12.1. The van der Waals surface area contributed by atoms with Gasteiger partial charge in [-0.05, 0) is 31.5 Å². The summed E-state index contributed by atoms with van der Waals surface area (Å²) in [5.41, 5.74) is 7.26. The molecule has 3 N–H and O–H groups in total. The van der Waals surface area contributed by atoms with Crippen molar-refractivity contribution in [2.45, 2.75) is 13.3 Å². The Morgan fingerprint density at radius 1 is 1.67 bits per heavy atom. The van der Waals surface area contributed by atoms with Gasteiger partial charge in [0.2, 0.25) is 0 Å². The van der Waals surface area contributed by atoms with Gasteiger partial charge < -0.3 is 11.1 Å². The van der Waals surface area contributed by atoms with Crippen LogP contribution in [0.4, 0.5) is 5.82 Å². The molecule has 0 amide bonds. The molecule has 0 aromatic carbocycles. The summed E-state index contributed by atoms with van der Waals surface area (Å²) in [7, 11) is 0. The number of hydrogen-bond donors (Lipinski definition) is 2. The van der Waals surface area contributed by atoms with Gasteiger partial charge in [0.05, 0.1) is 5.56 Å². The summed E-state index contributed by atoms with van der Waals surface area (Å²) < 4.78 is 0. The molecule has 1 unspecified atom stereocenters. The van der Waals surface area contributed by atoms with Crippen LogP contribution in [0.3, 0.4) is 0 Å². The Morgan fingerprint density at radius 3 is 3.07 bits per heavy atom. The number of anilines is 1. The zero-order chi connectivity index (χ0) is 10.8. The summed E-state index contributed by atoms with van der Waals surface area (Å²) in [4.78, 5) is 16.1. The van der Waals surface area contributed by atoms with E-state index < -0.39 is 0 Å². The summed E-state index contributed by atoms with van der Waals surface area (Å²) in [5.74, 6) is 0.546. The Morgan fingerprint density at radius 2 is 2.47 bits per heavy atom. The molecule has 1 aliphatic heterocycles. The number of ketones is 1. The fourth-order valence-electron chi connectivity index (χ4n) is 1.98. The summed E-state index contributed by atoms with van der Waals surface area (Å²) >= 11 is 0. The Balaban J connectivity index is 2.32. The predicted octanol–water partition coefficient (Wildman–Crippen LogP) is 0.764. The maximum absolute atomic E-state index is 12.1. The highest BCUT2D eigenvalue weighted by atomic mass is 16.1. The van der Waals surface area contributed by atoms with Crippen LogP contribution < -0.4 is 11.1 Å². The van der Waals surface area contributed by atoms with Crippen LogP contribution in [0.15, 0.2) is 12.3 Å². The molecule has 2 heterocycles. The Labute approximate surface area is 88.9 Å². The van der Waals surface area contributed by atoms with E-state index in [1.807, 2.05) is 13.0 Å². The first-order valence-corrected chi connectivity index (χ1v) is 5.16. The topological polar surface area (TPSA) is 68.0 Å². The zero-order valence-corrected chi connectivity index (χ0v) is 8.79. The van der Waals surface area contributed by atoms with Crippen LogP contribution in [0.1, 0.15) is 22.3 Å². The minimum atomic E-state index is 0.0650. The molecule has 0 radical (unpaired) electrons. The lowest BCUT2D eigenvalue weighted by atomic mass is 9.94. The zero-order valence-electron chi connectivity index (χ0n) is 8.79. The molecule has 1 aromatic rings. The third kappa shape index (κ3) is 1.85. The van der Waals surface area contributed by atoms with Crippen LogP contribution in [-0.4, -0.2) is 23.9 Å². The van der Waals surface area contributed by atoms with Crippen LogP contribution in [0.5, 0.6) is 0 Å². The minimum Gasteiger partial charge on any atom is -0.383 e. The molecule has 1 fully saturated rings. The highest BCUT2D eigenvalue weighted by molar-refractivity contribution is 6.03. The second kappa shape index (κ2) is 3.98. The van der Waals surface area contributed by atoms with Gasteiger partial charge in [-0.3, -0.25) is 4.79 Å². The molecular weight excluding hydrogens is 190 g/mol. The molecule has 1 saturated heterocycles. The molecular formula is C11H15N3O. The standard InChI is InChI=1S/C11H15N3O/c1-7-2-5-14-11(12)9(7)10(15)8-3-4-13-6-8/h2,5,8,13H,3-4,6H2,1H3,(H2,12,14). The quantitative estimate of drug-likeness (QED) is 0.700. The van der Waals surface area contributed by atoms with Gasteiger partial charge in [0, 0.05) is 18.7 Å². The van der Waals surface area contributed by atoms with Crippen molar-refractivity contribution in [3.8, 4) is 0 Å². The molecule has 1 aromatic heterocycles. The van der Waals surface area contributed by atoms with E-state index in [2.05, 4.69) is 10.3 Å². The number of hydrogen-bond acceptors (Lipinski definition) is 4. The van der Waals surface area contributed by atoms with Gasteiger partial charge >= 0.3 is 0 Å². The lowest BCUT2D eigenvalue weighted by Gasteiger charge is -2.11. The highest BCUT2D eigenvalue weighted by Crippen LogP contribution is 2.21. The predicted molar refractivity (Wildman–Crippen MR) is 58.7 cm³/mol. The smallest absolute Gasteiger partial charge is 0.171 e. The average molecular weight is 205 g/mol.